The monoisotopic (exact) mass is 260 g/mol. The Kier molecular flexibility index (Phi) is 4.44. The SMILES string of the molecule is CC1CCC(NS(=O)(=O)CC2CCNCC2)C1. The average molecular weight is 260 g/mol. The first kappa shape index (κ1) is 13.3. The van der Waals surface area contributed by atoms with Gasteiger partial charge in [0.1, 0.15) is 0 Å². The van der Waals surface area contributed by atoms with E-state index in [0.29, 0.717) is 17.6 Å². The highest BCUT2D eigenvalue weighted by Gasteiger charge is 2.27. The predicted molar refractivity (Wildman–Crippen MR) is 69.3 cm³/mol. The van der Waals surface area contributed by atoms with Crippen LogP contribution in [0.25, 0.3) is 0 Å². The molecule has 2 atom stereocenters. The first-order valence-corrected chi connectivity index (χ1v) is 8.41. The Morgan fingerprint density at radius 3 is 2.47 bits per heavy atom. The number of hydrogen-bond acceptors (Lipinski definition) is 3. The molecule has 4 nitrogen and oxygen atoms in total. The summed E-state index contributed by atoms with van der Waals surface area (Å²) >= 11 is 0. The molecule has 0 aromatic carbocycles. The summed E-state index contributed by atoms with van der Waals surface area (Å²) < 4.78 is 26.9. The van der Waals surface area contributed by atoms with Gasteiger partial charge >= 0.3 is 0 Å². The van der Waals surface area contributed by atoms with Gasteiger partial charge in [-0.2, -0.15) is 0 Å². The minimum absolute atomic E-state index is 0.191. The van der Waals surface area contributed by atoms with Crippen LogP contribution in [0.2, 0.25) is 0 Å². The first-order chi connectivity index (χ1) is 8.05. The zero-order chi connectivity index (χ0) is 12.3. The fourth-order valence-corrected chi connectivity index (χ4v) is 4.75. The zero-order valence-corrected chi connectivity index (χ0v) is 11.4. The maximum atomic E-state index is 12.0. The fraction of sp³-hybridized carbons (Fsp3) is 1.00. The smallest absolute Gasteiger partial charge is 0.212 e. The van der Waals surface area contributed by atoms with Gasteiger partial charge in [0.05, 0.1) is 5.75 Å². The van der Waals surface area contributed by atoms with E-state index < -0.39 is 10.0 Å². The summed E-state index contributed by atoms with van der Waals surface area (Å²) in [4.78, 5) is 0. The van der Waals surface area contributed by atoms with Crippen LogP contribution in [0.1, 0.15) is 39.0 Å². The lowest BCUT2D eigenvalue weighted by Crippen LogP contribution is -2.39. The van der Waals surface area contributed by atoms with Crippen LogP contribution in [-0.4, -0.2) is 33.3 Å². The lowest BCUT2D eigenvalue weighted by molar-refractivity contribution is 0.399. The molecule has 2 rings (SSSR count). The Morgan fingerprint density at radius 2 is 1.88 bits per heavy atom. The molecule has 1 aliphatic heterocycles. The van der Waals surface area contributed by atoms with Gasteiger partial charge in [-0.25, -0.2) is 13.1 Å². The third-order valence-corrected chi connectivity index (χ3v) is 5.56. The molecule has 100 valence electrons. The number of sulfonamides is 1. The van der Waals surface area contributed by atoms with Gasteiger partial charge < -0.3 is 5.32 Å². The first-order valence-electron chi connectivity index (χ1n) is 6.76. The Balaban J connectivity index is 1.81. The minimum atomic E-state index is -3.07. The van der Waals surface area contributed by atoms with Gasteiger partial charge in [0.2, 0.25) is 10.0 Å². The van der Waals surface area contributed by atoms with E-state index in [0.717, 1.165) is 45.2 Å². The van der Waals surface area contributed by atoms with Crippen LogP contribution in [0.3, 0.4) is 0 Å². The molecule has 0 aromatic heterocycles. The highest BCUT2D eigenvalue weighted by atomic mass is 32.2. The van der Waals surface area contributed by atoms with Gasteiger partial charge in [-0.1, -0.05) is 6.92 Å². The van der Waals surface area contributed by atoms with Crippen LogP contribution in [0.15, 0.2) is 0 Å². The van der Waals surface area contributed by atoms with E-state index in [1.807, 2.05) is 0 Å². The third-order valence-electron chi connectivity index (χ3n) is 3.95. The van der Waals surface area contributed by atoms with Crippen molar-refractivity contribution in [2.24, 2.45) is 11.8 Å². The van der Waals surface area contributed by atoms with Crippen molar-refractivity contribution in [1.82, 2.24) is 10.0 Å². The molecule has 2 N–H and O–H groups in total. The van der Waals surface area contributed by atoms with E-state index in [9.17, 15) is 8.42 Å². The van der Waals surface area contributed by atoms with Crippen LogP contribution in [0.5, 0.6) is 0 Å². The Morgan fingerprint density at radius 1 is 1.18 bits per heavy atom. The second kappa shape index (κ2) is 5.67. The van der Waals surface area contributed by atoms with E-state index in [4.69, 9.17) is 0 Å². The van der Waals surface area contributed by atoms with Crippen molar-refractivity contribution in [3.05, 3.63) is 0 Å². The molecule has 17 heavy (non-hydrogen) atoms. The largest absolute Gasteiger partial charge is 0.317 e. The summed E-state index contributed by atoms with van der Waals surface area (Å²) in [6.07, 6.45) is 5.14. The summed E-state index contributed by atoms with van der Waals surface area (Å²) in [7, 11) is -3.07. The van der Waals surface area contributed by atoms with Gasteiger partial charge in [0.15, 0.2) is 0 Å². The summed E-state index contributed by atoms with van der Waals surface area (Å²) in [5.41, 5.74) is 0. The number of hydrogen-bond donors (Lipinski definition) is 2. The molecule has 1 aliphatic carbocycles. The Hall–Kier alpha value is -0.130. The van der Waals surface area contributed by atoms with Crippen LogP contribution in [0.4, 0.5) is 0 Å². The third kappa shape index (κ3) is 4.23. The molecule has 0 spiro atoms. The molecule has 1 saturated heterocycles. The standard InChI is InChI=1S/C12H24N2O2S/c1-10-2-3-12(8-10)14-17(15,16)9-11-4-6-13-7-5-11/h10-14H,2-9H2,1H3. The highest BCUT2D eigenvalue weighted by Crippen LogP contribution is 2.25. The highest BCUT2D eigenvalue weighted by molar-refractivity contribution is 7.89. The van der Waals surface area contributed by atoms with E-state index in [1.165, 1.54) is 0 Å². The van der Waals surface area contributed by atoms with Crippen LogP contribution in [-0.2, 0) is 10.0 Å². The van der Waals surface area contributed by atoms with Crippen LogP contribution in [0, 0.1) is 11.8 Å². The van der Waals surface area contributed by atoms with E-state index in [-0.39, 0.29) is 6.04 Å². The molecule has 0 aromatic rings. The Labute approximate surface area is 105 Å². The molecule has 1 heterocycles. The number of piperidine rings is 1. The number of rotatable bonds is 4. The van der Waals surface area contributed by atoms with E-state index in [2.05, 4.69) is 17.0 Å². The zero-order valence-electron chi connectivity index (χ0n) is 10.6. The van der Waals surface area contributed by atoms with Gasteiger partial charge in [-0.05, 0) is 57.0 Å². The maximum absolute atomic E-state index is 12.0. The Bertz CT molecular complexity index is 324. The fourth-order valence-electron chi connectivity index (χ4n) is 2.97. The molecule has 2 fully saturated rings. The van der Waals surface area contributed by atoms with Crippen molar-refractivity contribution in [2.45, 2.75) is 45.1 Å². The van der Waals surface area contributed by atoms with Gasteiger partial charge in [-0.3, -0.25) is 0 Å². The summed E-state index contributed by atoms with van der Waals surface area (Å²) in [6, 6.07) is 0.191. The molecule has 0 radical (unpaired) electrons. The van der Waals surface area contributed by atoms with Crippen molar-refractivity contribution >= 4 is 10.0 Å². The van der Waals surface area contributed by atoms with Gasteiger partial charge in [0.25, 0.3) is 0 Å². The van der Waals surface area contributed by atoms with Crippen LogP contribution < -0.4 is 10.0 Å². The summed E-state index contributed by atoms with van der Waals surface area (Å²) in [5.74, 6) is 1.33. The van der Waals surface area contributed by atoms with Crippen molar-refractivity contribution in [1.29, 1.82) is 0 Å². The predicted octanol–water partition coefficient (Wildman–Crippen LogP) is 1.09. The van der Waals surface area contributed by atoms with E-state index in [1.54, 1.807) is 0 Å². The molecular formula is C12H24N2O2S. The molecule has 2 unspecified atom stereocenters. The summed E-state index contributed by atoms with van der Waals surface area (Å²) in [6.45, 7) is 4.11. The lowest BCUT2D eigenvalue weighted by atomic mass is 10.0. The summed E-state index contributed by atoms with van der Waals surface area (Å²) in [5, 5.41) is 3.26. The van der Waals surface area contributed by atoms with Crippen molar-refractivity contribution < 1.29 is 8.42 Å². The van der Waals surface area contributed by atoms with Crippen molar-refractivity contribution in [3.8, 4) is 0 Å². The maximum Gasteiger partial charge on any atom is 0.212 e. The average Bonchev–Trinajstić information content (AvgIpc) is 2.63. The van der Waals surface area contributed by atoms with E-state index >= 15 is 0 Å². The molecular weight excluding hydrogens is 236 g/mol. The van der Waals surface area contributed by atoms with Crippen molar-refractivity contribution in [3.63, 3.8) is 0 Å². The number of nitrogens with one attached hydrogen (secondary N) is 2. The minimum Gasteiger partial charge on any atom is -0.317 e. The second-order valence-electron chi connectivity index (χ2n) is 5.71. The van der Waals surface area contributed by atoms with Crippen LogP contribution >= 0.6 is 0 Å². The van der Waals surface area contributed by atoms with Gasteiger partial charge in [-0.15, -0.1) is 0 Å². The molecule has 5 heteroatoms. The lowest BCUT2D eigenvalue weighted by Gasteiger charge is -2.23. The van der Waals surface area contributed by atoms with Crippen molar-refractivity contribution in [2.75, 3.05) is 18.8 Å². The molecule has 0 amide bonds. The van der Waals surface area contributed by atoms with Gasteiger partial charge in [0, 0.05) is 6.04 Å². The normalized spacial score (nSPS) is 31.8. The molecule has 2 aliphatic rings. The molecule has 0 bridgehead atoms. The topological polar surface area (TPSA) is 58.2 Å². The second-order valence-corrected chi connectivity index (χ2v) is 7.51. The molecule has 1 saturated carbocycles. The quantitative estimate of drug-likeness (QED) is 0.795.